The minimum Gasteiger partial charge on any atom is -0.294 e. The molecule has 1 spiro atoms. The van der Waals surface area contributed by atoms with Gasteiger partial charge in [0.15, 0.2) is 5.78 Å². The molecule has 0 bridgehead atoms. The first-order chi connectivity index (χ1) is 10.1. The molecule has 0 aromatic rings. The Bertz CT molecular complexity index is 587. The number of hydrogen-bond donors (Lipinski definition) is 0. The monoisotopic (exact) mass is 300 g/mol. The van der Waals surface area contributed by atoms with Crippen molar-refractivity contribution in [3.05, 3.63) is 12.2 Å². The molecule has 1 nitrogen and oxygen atoms in total. The van der Waals surface area contributed by atoms with E-state index in [0.29, 0.717) is 33.9 Å². The van der Waals surface area contributed by atoms with Crippen molar-refractivity contribution >= 4 is 5.78 Å². The van der Waals surface area contributed by atoms with Gasteiger partial charge in [0.25, 0.3) is 0 Å². The SMILES string of the molecule is C[C@@H]1C=CC(=O)[C@@]2(C)CC[C@H]3[C@@]12C[C@]1(C)CCC(C)(C)[C@]31C. The Balaban J connectivity index is 1.96. The molecule has 22 heavy (non-hydrogen) atoms. The van der Waals surface area contributed by atoms with E-state index in [1.165, 1.54) is 25.7 Å². The molecule has 3 fully saturated rings. The van der Waals surface area contributed by atoms with Gasteiger partial charge in [-0.25, -0.2) is 0 Å². The molecule has 0 unspecified atom stereocenters. The van der Waals surface area contributed by atoms with Crippen molar-refractivity contribution in [1.29, 1.82) is 0 Å². The molecule has 0 N–H and O–H groups in total. The zero-order chi connectivity index (χ0) is 16.2. The lowest BCUT2D eigenvalue weighted by Gasteiger charge is -2.52. The second-order valence-electron chi connectivity index (χ2n) is 10.3. The van der Waals surface area contributed by atoms with Crippen molar-refractivity contribution < 1.29 is 4.79 Å². The van der Waals surface area contributed by atoms with Gasteiger partial charge in [0.05, 0.1) is 0 Å². The van der Waals surface area contributed by atoms with Gasteiger partial charge in [-0.1, -0.05) is 47.6 Å². The summed E-state index contributed by atoms with van der Waals surface area (Å²) in [5.74, 6) is 1.66. The minimum absolute atomic E-state index is 0.113. The Kier molecular flexibility index (Phi) is 2.54. The van der Waals surface area contributed by atoms with Crippen molar-refractivity contribution in [3.63, 3.8) is 0 Å². The van der Waals surface area contributed by atoms with Gasteiger partial charge in [-0.05, 0) is 71.7 Å². The molecule has 122 valence electrons. The van der Waals surface area contributed by atoms with Crippen LogP contribution < -0.4 is 0 Å². The Morgan fingerprint density at radius 2 is 1.73 bits per heavy atom. The van der Waals surface area contributed by atoms with Crippen LogP contribution in [0, 0.1) is 38.9 Å². The lowest BCUT2D eigenvalue weighted by Crippen LogP contribution is -2.51. The topological polar surface area (TPSA) is 17.1 Å². The summed E-state index contributed by atoms with van der Waals surface area (Å²) in [5.41, 5.74) is 1.27. The second kappa shape index (κ2) is 3.73. The highest BCUT2D eigenvalue weighted by Gasteiger charge is 2.79. The van der Waals surface area contributed by atoms with Gasteiger partial charge in [0, 0.05) is 5.41 Å². The zero-order valence-electron chi connectivity index (χ0n) is 15.3. The average Bonchev–Trinajstić information content (AvgIpc) is 2.92. The van der Waals surface area contributed by atoms with E-state index in [0.717, 1.165) is 6.42 Å². The van der Waals surface area contributed by atoms with Crippen LogP contribution in [0.4, 0.5) is 0 Å². The molecule has 0 aromatic carbocycles. The van der Waals surface area contributed by atoms with Crippen LogP contribution in [0.3, 0.4) is 0 Å². The summed E-state index contributed by atoms with van der Waals surface area (Å²) < 4.78 is 0. The van der Waals surface area contributed by atoms with Crippen LogP contribution in [0.2, 0.25) is 0 Å². The van der Waals surface area contributed by atoms with Gasteiger partial charge in [0.1, 0.15) is 0 Å². The first-order valence-electron chi connectivity index (χ1n) is 9.28. The predicted molar refractivity (Wildman–Crippen MR) is 90.4 cm³/mol. The summed E-state index contributed by atoms with van der Waals surface area (Å²) in [6.07, 6.45) is 10.5. The maximum absolute atomic E-state index is 12.9. The third kappa shape index (κ3) is 1.19. The minimum atomic E-state index is -0.113. The standard InChI is InChI=1S/C21H32O/c1-14-7-8-16(22)19(5)10-9-15-20(6)17(2,3)11-12-18(20,4)13-21(14,15)19/h7-8,14-15H,9-13H2,1-6H3/t14-,15-,18+,19-,20+,21-/m1/s1. The summed E-state index contributed by atoms with van der Waals surface area (Å²) in [6.45, 7) is 14.8. The highest BCUT2D eigenvalue weighted by Crippen LogP contribution is 2.84. The summed E-state index contributed by atoms with van der Waals surface area (Å²) >= 11 is 0. The maximum Gasteiger partial charge on any atom is 0.161 e. The maximum atomic E-state index is 12.9. The number of rotatable bonds is 0. The third-order valence-electron chi connectivity index (χ3n) is 9.82. The van der Waals surface area contributed by atoms with Gasteiger partial charge in [-0.15, -0.1) is 0 Å². The van der Waals surface area contributed by atoms with Crippen LogP contribution >= 0.6 is 0 Å². The Labute approximate surface area is 135 Å². The fourth-order valence-corrected chi connectivity index (χ4v) is 8.09. The summed E-state index contributed by atoms with van der Waals surface area (Å²) in [4.78, 5) is 12.9. The van der Waals surface area contributed by atoms with E-state index in [2.05, 4.69) is 47.6 Å². The zero-order valence-corrected chi connectivity index (χ0v) is 15.3. The van der Waals surface area contributed by atoms with Crippen molar-refractivity contribution in [2.45, 2.75) is 73.6 Å². The van der Waals surface area contributed by atoms with E-state index in [4.69, 9.17) is 0 Å². The molecule has 1 heteroatoms. The van der Waals surface area contributed by atoms with Gasteiger partial charge in [-0.2, -0.15) is 0 Å². The lowest BCUT2D eigenvalue weighted by atomic mass is 9.51. The van der Waals surface area contributed by atoms with Crippen LogP contribution in [0.5, 0.6) is 0 Å². The number of fused-ring (bicyclic) bond motifs is 2. The third-order valence-corrected chi connectivity index (χ3v) is 9.82. The molecule has 4 aliphatic rings. The Morgan fingerprint density at radius 3 is 2.41 bits per heavy atom. The molecule has 0 aliphatic heterocycles. The van der Waals surface area contributed by atoms with Crippen LogP contribution in [0.1, 0.15) is 73.6 Å². The van der Waals surface area contributed by atoms with Crippen molar-refractivity contribution in [2.24, 2.45) is 38.9 Å². The van der Waals surface area contributed by atoms with E-state index in [-0.39, 0.29) is 10.8 Å². The number of carbonyl (C=O) groups excluding carboxylic acids is 1. The first kappa shape index (κ1) is 15.0. The van der Waals surface area contributed by atoms with E-state index < -0.39 is 0 Å². The van der Waals surface area contributed by atoms with E-state index in [1.54, 1.807) is 0 Å². The van der Waals surface area contributed by atoms with Gasteiger partial charge < -0.3 is 0 Å². The molecule has 3 saturated carbocycles. The molecular weight excluding hydrogens is 268 g/mol. The molecule has 4 rings (SSSR count). The van der Waals surface area contributed by atoms with E-state index >= 15 is 0 Å². The quantitative estimate of drug-likeness (QED) is 0.585. The van der Waals surface area contributed by atoms with Crippen LogP contribution in [-0.2, 0) is 4.79 Å². The molecule has 0 saturated heterocycles. The van der Waals surface area contributed by atoms with Crippen molar-refractivity contribution in [3.8, 4) is 0 Å². The normalized spacial score (nSPS) is 58.5. The van der Waals surface area contributed by atoms with Crippen LogP contribution in [0.25, 0.3) is 0 Å². The van der Waals surface area contributed by atoms with Crippen LogP contribution in [0.15, 0.2) is 12.2 Å². The van der Waals surface area contributed by atoms with E-state index in [1.807, 2.05) is 6.08 Å². The van der Waals surface area contributed by atoms with Crippen LogP contribution in [-0.4, -0.2) is 5.78 Å². The molecule has 6 atom stereocenters. The van der Waals surface area contributed by atoms with Gasteiger partial charge in [0.2, 0.25) is 0 Å². The summed E-state index contributed by atoms with van der Waals surface area (Å²) in [6, 6.07) is 0. The number of allylic oxidation sites excluding steroid dienone is 2. The second-order valence-corrected chi connectivity index (χ2v) is 10.3. The van der Waals surface area contributed by atoms with Gasteiger partial charge >= 0.3 is 0 Å². The van der Waals surface area contributed by atoms with E-state index in [9.17, 15) is 4.79 Å². The molecule has 0 amide bonds. The first-order valence-corrected chi connectivity index (χ1v) is 9.28. The number of carbonyl (C=O) groups is 1. The largest absolute Gasteiger partial charge is 0.294 e. The lowest BCUT2D eigenvalue weighted by molar-refractivity contribution is -0.135. The molecule has 4 aliphatic carbocycles. The molecule has 0 radical (unpaired) electrons. The fourth-order valence-electron chi connectivity index (χ4n) is 8.09. The number of ketones is 1. The summed E-state index contributed by atoms with van der Waals surface area (Å²) in [7, 11) is 0. The average molecular weight is 300 g/mol. The Morgan fingerprint density at radius 1 is 1.05 bits per heavy atom. The molecule has 0 aromatic heterocycles. The molecule has 0 heterocycles. The number of hydrogen-bond acceptors (Lipinski definition) is 1. The highest BCUT2D eigenvalue weighted by molar-refractivity contribution is 5.97. The fraction of sp³-hybridized carbons (Fsp3) is 0.857. The van der Waals surface area contributed by atoms with Crippen molar-refractivity contribution in [2.75, 3.05) is 0 Å². The van der Waals surface area contributed by atoms with Gasteiger partial charge in [-0.3, -0.25) is 4.79 Å². The predicted octanol–water partition coefficient (Wildman–Crippen LogP) is 5.40. The molecular formula is C21H32O. The van der Waals surface area contributed by atoms with Crippen molar-refractivity contribution in [1.82, 2.24) is 0 Å². The summed E-state index contributed by atoms with van der Waals surface area (Å²) in [5, 5.41) is 0. The highest BCUT2D eigenvalue weighted by atomic mass is 16.1. The smallest absolute Gasteiger partial charge is 0.161 e. The Hall–Kier alpha value is -0.590.